The maximum absolute atomic E-state index is 13.5. The quantitative estimate of drug-likeness (QED) is 0.257. The first-order chi connectivity index (χ1) is 18.6. The first-order valence-corrected chi connectivity index (χ1v) is 13.0. The van der Waals surface area contributed by atoms with E-state index in [1.54, 1.807) is 18.3 Å². The number of fused-ring (bicyclic) bond motifs is 1. The summed E-state index contributed by atoms with van der Waals surface area (Å²) in [5, 5.41) is 0. The number of hydrogen-bond donors (Lipinski definition) is 0. The van der Waals surface area contributed by atoms with Crippen molar-refractivity contribution in [1.29, 1.82) is 0 Å². The van der Waals surface area contributed by atoms with Gasteiger partial charge in [0.2, 0.25) is 0 Å². The van der Waals surface area contributed by atoms with Gasteiger partial charge in [0.05, 0.1) is 12.2 Å². The summed E-state index contributed by atoms with van der Waals surface area (Å²) in [6.07, 6.45) is 3.86. The topological polar surface area (TPSA) is 69.9 Å². The van der Waals surface area contributed by atoms with Gasteiger partial charge in [0.1, 0.15) is 17.0 Å². The smallest absolute Gasteiger partial charge is 0.404 e. The highest BCUT2D eigenvalue weighted by Gasteiger charge is 2.32. The number of aromatic nitrogens is 4. The fraction of sp³-hybridized carbons (Fsp3) is 0.379. The fourth-order valence-electron chi connectivity index (χ4n) is 4.72. The van der Waals surface area contributed by atoms with Crippen LogP contribution < -0.4 is 10.3 Å². The Morgan fingerprint density at radius 3 is 2.46 bits per heavy atom. The van der Waals surface area contributed by atoms with E-state index in [-0.39, 0.29) is 29.5 Å². The minimum atomic E-state index is -4.86. The molecule has 1 saturated carbocycles. The van der Waals surface area contributed by atoms with Crippen molar-refractivity contribution in [1.82, 2.24) is 19.5 Å². The van der Waals surface area contributed by atoms with Crippen molar-refractivity contribution in [3.8, 4) is 5.75 Å². The zero-order chi connectivity index (χ0) is 28.0. The van der Waals surface area contributed by atoms with Crippen LogP contribution in [0, 0.1) is 12.7 Å². The SMILES string of the molecule is CCc1cnc2cc(C3CCCCC3)c(=O)n(Cc3ncccc3OC(F)(F)F)c2n1.Cc1cccc(F)c1. The van der Waals surface area contributed by atoms with E-state index in [1.807, 2.05) is 19.9 Å². The van der Waals surface area contributed by atoms with Crippen molar-refractivity contribution >= 4 is 11.2 Å². The molecule has 3 heterocycles. The van der Waals surface area contributed by atoms with Crippen molar-refractivity contribution in [2.75, 3.05) is 0 Å². The number of ether oxygens (including phenoxy) is 1. The Hall–Kier alpha value is -3.82. The molecule has 0 radical (unpaired) electrons. The van der Waals surface area contributed by atoms with Crippen LogP contribution in [-0.4, -0.2) is 25.9 Å². The molecule has 0 spiro atoms. The predicted molar refractivity (Wildman–Crippen MR) is 140 cm³/mol. The van der Waals surface area contributed by atoms with Crippen LogP contribution in [0.5, 0.6) is 5.75 Å². The molecule has 0 unspecified atom stereocenters. The highest BCUT2D eigenvalue weighted by atomic mass is 19.4. The van der Waals surface area contributed by atoms with Crippen LogP contribution in [0.1, 0.15) is 67.5 Å². The summed E-state index contributed by atoms with van der Waals surface area (Å²) in [6.45, 7) is 3.59. The molecular formula is C29H30F4N4O2. The third-order valence-corrected chi connectivity index (χ3v) is 6.64. The van der Waals surface area contributed by atoms with Crippen LogP contribution in [0.15, 0.2) is 59.7 Å². The summed E-state index contributed by atoms with van der Waals surface area (Å²) in [4.78, 5) is 26.6. The lowest BCUT2D eigenvalue weighted by atomic mass is 9.84. The highest BCUT2D eigenvalue weighted by molar-refractivity contribution is 5.71. The molecule has 1 fully saturated rings. The van der Waals surface area contributed by atoms with Crippen LogP contribution >= 0.6 is 0 Å². The molecule has 0 amide bonds. The number of pyridine rings is 2. The van der Waals surface area contributed by atoms with Crippen molar-refractivity contribution in [3.05, 3.63) is 93.5 Å². The summed E-state index contributed by atoms with van der Waals surface area (Å²) < 4.78 is 56.3. The Balaban J connectivity index is 0.000000379. The maximum atomic E-state index is 13.5. The van der Waals surface area contributed by atoms with Gasteiger partial charge in [-0.3, -0.25) is 19.3 Å². The van der Waals surface area contributed by atoms with Crippen molar-refractivity contribution in [2.45, 2.75) is 71.2 Å². The molecule has 5 rings (SSSR count). The van der Waals surface area contributed by atoms with Gasteiger partial charge in [-0.2, -0.15) is 0 Å². The number of aryl methyl sites for hydroxylation is 2. The molecule has 206 valence electrons. The van der Waals surface area contributed by atoms with E-state index in [2.05, 4.69) is 19.7 Å². The second kappa shape index (κ2) is 12.4. The Morgan fingerprint density at radius 2 is 1.82 bits per heavy atom. The Morgan fingerprint density at radius 1 is 1.05 bits per heavy atom. The highest BCUT2D eigenvalue weighted by Crippen LogP contribution is 2.32. The molecular weight excluding hydrogens is 512 g/mol. The summed E-state index contributed by atoms with van der Waals surface area (Å²) in [5.41, 5.74) is 2.93. The Labute approximate surface area is 223 Å². The van der Waals surface area contributed by atoms with Crippen LogP contribution in [0.3, 0.4) is 0 Å². The first-order valence-electron chi connectivity index (χ1n) is 13.0. The molecule has 0 N–H and O–H groups in total. The molecule has 0 saturated heterocycles. The molecule has 0 bridgehead atoms. The monoisotopic (exact) mass is 542 g/mol. The average Bonchev–Trinajstić information content (AvgIpc) is 2.90. The zero-order valence-corrected chi connectivity index (χ0v) is 21.8. The lowest BCUT2D eigenvalue weighted by Crippen LogP contribution is -2.29. The molecule has 1 aliphatic rings. The number of alkyl halides is 3. The minimum Gasteiger partial charge on any atom is -0.404 e. The molecule has 4 aromatic rings. The van der Waals surface area contributed by atoms with Gasteiger partial charge < -0.3 is 4.74 Å². The van der Waals surface area contributed by atoms with Gasteiger partial charge in [-0.1, -0.05) is 38.3 Å². The van der Waals surface area contributed by atoms with Crippen molar-refractivity contribution in [2.24, 2.45) is 0 Å². The molecule has 0 atom stereocenters. The predicted octanol–water partition coefficient (Wildman–Crippen LogP) is 6.88. The molecule has 1 aromatic carbocycles. The van der Waals surface area contributed by atoms with Gasteiger partial charge in [-0.25, -0.2) is 9.37 Å². The van der Waals surface area contributed by atoms with Gasteiger partial charge in [0.25, 0.3) is 5.56 Å². The van der Waals surface area contributed by atoms with Gasteiger partial charge in [-0.05, 0) is 68.0 Å². The van der Waals surface area contributed by atoms with E-state index in [1.165, 1.54) is 35.0 Å². The van der Waals surface area contributed by atoms with Crippen molar-refractivity contribution in [3.63, 3.8) is 0 Å². The van der Waals surface area contributed by atoms with E-state index in [0.717, 1.165) is 37.7 Å². The van der Waals surface area contributed by atoms with Crippen molar-refractivity contribution < 1.29 is 22.3 Å². The molecule has 3 aromatic heterocycles. The largest absolute Gasteiger partial charge is 0.573 e. The van der Waals surface area contributed by atoms with E-state index in [0.29, 0.717) is 28.8 Å². The third-order valence-electron chi connectivity index (χ3n) is 6.64. The molecule has 1 aliphatic carbocycles. The Bertz CT molecular complexity index is 1460. The summed E-state index contributed by atoms with van der Waals surface area (Å²) in [7, 11) is 0. The van der Waals surface area contributed by atoms with E-state index < -0.39 is 12.1 Å². The standard InChI is InChI=1S/C22H23F3N4O2.C7H7F/c1-2-15-12-27-17-11-16(14-7-4-3-5-8-14)21(30)29(20(17)28-15)13-18-19(9-6-10-26-18)31-22(23,24)25;1-6-3-2-4-7(8)5-6/h6,9-12,14H,2-5,7-8,13H2,1H3;2-5H,1H3. The summed E-state index contributed by atoms with van der Waals surface area (Å²) >= 11 is 0. The second-order valence-corrected chi connectivity index (χ2v) is 9.54. The molecule has 6 nitrogen and oxygen atoms in total. The first kappa shape index (κ1) is 28.2. The van der Waals surface area contributed by atoms with Gasteiger partial charge >= 0.3 is 6.36 Å². The zero-order valence-electron chi connectivity index (χ0n) is 21.8. The second-order valence-electron chi connectivity index (χ2n) is 9.54. The minimum absolute atomic E-state index is 0.00715. The van der Waals surface area contributed by atoms with Gasteiger partial charge in [0.15, 0.2) is 11.4 Å². The number of rotatable bonds is 5. The lowest BCUT2D eigenvalue weighted by molar-refractivity contribution is -0.275. The average molecular weight is 543 g/mol. The molecule has 39 heavy (non-hydrogen) atoms. The van der Waals surface area contributed by atoms with E-state index in [4.69, 9.17) is 0 Å². The molecule has 10 heteroatoms. The maximum Gasteiger partial charge on any atom is 0.573 e. The summed E-state index contributed by atoms with van der Waals surface area (Å²) in [5.74, 6) is -0.484. The lowest BCUT2D eigenvalue weighted by Gasteiger charge is -2.23. The van der Waals surface area contributed by atoms with Gasteiger partial charge in [-0.15, -0.1) is 13.2 Å². The van der Waals surface area contributed by atoms with Crippen LogP contribution in [0.4, 0.5) is 17.6 Å². The summed E-state index contributed by atoms with van der Waals surface area (Å²) in [6, 6.07) is 10.8. The normalized spacial score (nSPS) is 14.1. The third kappa shape index (κ3) is 7.40. The number of nitrogens with zero attached hydrogens (tertiary/aromatic N) is 4. The van der Waals surface area contributed by atoms with Gasteiger partial charge in [0, 0.05) is 18.0 Å². The fourth-order valence-corrected chi connectivity index (χ4v) is 4.72. The Kier molecular flexibility index (Phi) is 8.93. The number of halogens is 4. The van der Waals surface area contributed by atoms with Crippen LogP contribution in [0.2, 0.25) is 0 Å². The van der Waals surface area contributed by atoms with Crippen LogP contribution in [0.25, 0.3) is 11.2 Å². The number of hydrogen-bond acceptors (Lipinski definition) is 5. The number of benzene rings is 1. The van der Waals surface area contributed by atoms with Crippen LogP contribution in [-0.2, 0) is 13.0 Å². The van der Waals surface area contributed by atoms with E-state index in [9.17, 15) is 22.4 Å². The molecule has 0 aliphatic heterocycles. The van der Waals surface area contributed by atoms with E-state index >= 15 is 0 Å².